The summed E-state index contributed by atoms with van der Waals surface area (Å²) in [5.41, 5.74) is 3.48. The maximum absolute atomic E-state index is 11.8. The first-order valence-electron chi connectivity index (χ1n) is 6.28. The highest BCUT2D eigenvalue weighted by Crippen LogP contribution is 2.19. The van der Waals surface area contributed by atoms with E-state index in [0.29, 0.717) is 0 Å². The summed E-state index contributed by atoms with van der Waals surface area (Å²) in [5.74, 6) is 0.128. The van der Waals surface area contributed by atoms with Gasteiger partial charge < -0.3 is 10.6 Å². The van der Waals surface area contributed by atoms with Gasteiger partial charge in [0.1, 0.15) is 6.04 Å². The second kappa shape index (κ2) is 5.21. The van der Waals surface area contributed by atoms with Crippen LogP contribution in [-0.4, -0.2) is 18.5 Å². The van der Waals surface area contributed by atoms with Crippen molar-refractivity contribution in [3.05, 3.63) is 29.3 Å². The van der Waals surface area contributed by atoms with Crippen molar-refractivity contribution in [2.75, 3.05) is 11.9 Å². The van der Waals surface area contributed by atoms with Crippen LogP contribution < -0.4 is 10.6 Å². The van der Waals surface area contributed by atoms with E-state index in [1.165, 1.54) is 11.1 Å². The monoisotopic (exact) mass is 232 g/mol. The summed E-state index contributed by atoms with van der Waals surface area (Å²) >= 11 is 0. The molecule has 1 saturated heterocycles. The molecule has 17 heavy (non-hydrogen) atoms. The highest BCUT2D eigenvalue weighted by atomic mass is 16.2. The summed E-state index contributed by atoms with van der Waals surface area (Å²) in [6.07, 6.45) is 3.09. The molecule has 0 saturated carbocycles. The third-order valence-corrected chi connectivity index (χ3v) is 3.26. The molecule has 92 valence electrons. The molecule has 1 atom stereocenters. The van der Waals surface area contributed by atoms with E-state index < -0.39 is 0 Å². The second-order valence-electron chi connectivity index (χ2n) is 4.80. The molecule has 0 aliphatic carbocycles. The lowest BCUT2D eigenvalue weighted by atomic mass is 10.1. The molecule has 2 N–H and O–H groups in total. The number of hydrogen-bond acceptors (Lipinski definition) is 2. The van der Waals surface area contributed by atoms with Crippen LogP contribution in [0.1, 0.15) is 30.4 Å². The van der Waals surface area contributed by atoms with Gasteiger partial charge in [-0.2, -0.15) is 0 Å². The summed E-state index contributed by atoms with van der Waals surface area (Å²) in [4.78, 5) is 11.8. The number of benzene rings is 1. The molecule has 1 amide bonds. The molecule has 1 fully saturated rings. The Morgan fingerprint density at radius 3 is 2.94 bits per heavy atom. The summed E-state index contributed by atoms with van der Waals surface area (Å²) in [5, 5.41) is 6.32. The summed E-state index contributed by atoms with van der Waals surface area (Å²) < 4.78 is 0. The van der Waals surface area contributed by atoms with Gasteiger partial charge in [-0.05, 0) is 50.3 Å². The van der Waals surface area contributed by atoms with Crippen LogP contribution in [0.3, 0.4) is 0 Å². The molecule has 2 rings (SSSR count). The number of aryl methyl sites for hydroxylation is 2. The van der Waals surface area contributed by atoms with E-state index in [1.807, 2.05) is 0 Å². The van der Waals surface area contributed by atoms with Gasteiger partial charge in [-0.1, -0.05) is 12.1 Å². The molecular formula is C14H20N2O. The minimum absolute atomic E-state index is 0.0852. The maximum atomic E-state index is 11.8. The van der Waals surface area contributed by atoms with Crippen molar-refractivity contribution in [2.24, 2.45) is 0 Å². The molecule has 1 aliphatic rings. The smallest absolute Gasteiger partial charge is 0.242 e. The van der Waals surface area contributed by atoms with E-state index in [9.17, 15) is 4.79 Å². The van der Waals surface area contributed by atoms with Crippen LogP contribution in [-0.2, 0) is 4.79 Å². The Balaban J connectivity index is 2.13. The number of carbonyl (C=O) groups excluding carboxylic acids is 1. The van der Waals surface area contributed by atoms with E-state index in [0.717, 1.165) is 31.5 Å². The Labute approximate surface area is 103 Å². The van der Waals surface area contributed by atoms with E-state index in [1.54, 1.807) is 0 Å². The van der Waals surface area contributed by atoms with Crippen molar-refractivity contribution in [2.45, 2.75) is 39.2 Å². The van der Waals surface area contributed by atoms with E-state index >= 15 is 0 Å². The van der Waals surface area contributed by atoms with Crippen LogP contribution in [0.15, 0.2) is 18.2 Å². The number of rotatable bonds is 2. The molecule has 0 spiro atoms. The van der Waals surface area contributed by atoms with Crippen molar-refractivity contribution in [3.63, 3.8) is 0 Å². The maximum Gasteiger partial charge on any atom is 0.242 e. The Morgan fingerprint density at radius 1 is 1.29 bits per heavy atom. The average Bonchev–Trinajstić information content (AvgIpc) is 2.50. The Hall–Kier alpha value is -1.51. The summed E-state index contributed by atoms with van der Waals surface area (Å²) in [6, 6.07) is 6.20. The fourth-order valence-corrected chi connectivity index (χ4v) is 2.16. The minimum atomic E-state index is -0.0852. The number of nitrogens with one attached hydrogen (secondary N) is 2. The minimum Gasteiger partial charge on any atom is -0.373 e. The van der Waals surface area contributed by atoms with Gasteiger partial charge in [-0.15, -0.1) is 0 Å². The van der Waals surface area contributed by atoms with Crippen LogP contribution in [0.2, 0.25) is 0 Å². The highest BCUT2D eigenvalue weighted by Gasteiger charge is 2.20. The molecular weight excluding hydrogens is 212 g/mol. The second-order valence-corrected chi connectivity index (χ2v) is 4.80. The standard InChI is InChI=1S/C14H20N2O/c1-10-6-7-11(2)13(9-10)16-12-5-3-4-8-15-14(12)17/h6-7,9,12,16H,3-5,8H2,1-2H3,(H,15,17). The van der Waals surface area contributed by atoms with Crippen molar-refractivity contribution >= 4 is 11.6 Å². The van der Waals surface area contributed by atoms with E-state index in [4.69, 9.17) is 0 Å². The number of amides is 1. The first kappa shape index (κ1) is 12.0. The molecule has 0 bridgehead atoms. The quantitative estimate of drug-likeness (QED) is 0.822. The molecule has 1 aliphatic heterocycles. The molecule has 1 aromatic carbocycles. The predicted molar refractivity (Wildman–Crippen MR) is 70.2 cm³/mol. The summed E-state index contributed by atoms with van der Waals surface area (Å²) in [6.45, 7) is 4.94. The van der Waals surface area contributed by atoms with Crippen LogP contribution in [0.4, 0.5) is 5.69 Å². The van der Waals surface area contributed by atoms with Crippen LogP contribution in [0, 0.1) is 13.8 Å². The van der Waals surface area contributed by atoms with Crippen molar-refractivity contribution in [1.82, 2.24) is 5.32 Å². The largest absolute Gasteiger partial charge is 0.373 e. The molecule has 3 heteroatoms. The zero-order chi connectivity index (χ0) is 12.3. The SMILES string of the molecule is Cc1ccc(C)c(NC2CCCCNC2=O)c1. The lowest BCUT2D eigenvalue weighted by Gasteiger charge is -2.18. The Morgan fingerprint density at radius 2 is 2.12 bits per heavy atom. The van der Waals surface area contributed by atoms with Gasteiger partial charge in [-0.3, -0.25) is 4.79 Å². The molecule has 0 radical (unpaired) electrons. The van der Waals surface area contributed by atoms with Gasteiger partial charge in [0, 0.05) is 12.2 Å². The number of carbonyl (C=O) groups is 1. The number of hydrogen-bond donors (Lipinski definition) is 2. The van der Waals surface area contributed by atoms with Crippen molar-refractivity contribution in [1.29, 1.82) is 0 Å². The highest BCUT2D eigenvalue weighted by molar-refractivity contribution is 5.85. The van der Waals surface area contributed by atoms with Gasteiger partial charge in [0.05, 0.1) is 0 Å². The van der Waals surface area contributed by atoms with Crippen molar-refractivity contribution < 1.29 is 4.79 Å². The van der Waals surface area contributed by atoms with Gasteiger partial charge in [-0.25, -0.2) is 0 Å². The van der Waals surface area contributed by atoms with Gasteiger partial charge in [0.25, 0.3) is 0 Å². The van der Waals surface area contributed by atoms with Crippen LogP contribution in [0.25, 0.3) is 0 Å². The van der Waals surface area contributed by atoms with Gasteiger partial charge in [0.2, 0.25) is 5.91 Å². The average molecular weight is 232 g/mol. The van der Waals surface area contributed by atoms with Gasteiger partial charge >= 0.3 is 0 Å². The van der Waals surface area contributed by atoms with Crippen LogP contribution in [0.5, 0.6) is 0 Å². The zero-order valence-corrected chi connectivity index (χ0v) is 10.5. The fraction of sp³-hybridized carbons (Fsp3) is 0.500. The molecule has 3 nitrogen and oxygen atoms in total. The third-order valence-electron chi connectivity index (χ3n) is 3.26. The fourth-order valence-electron chi connectivity index (χ4n) is 2.16. The first-order valence-corrected chi connectivity index (χ1v) is 6.28. The lowest BCUT2D eigenvalue weighted by molar-refractivity contribution is -0.121. The summed E-state index contributed by atoms with van der Waals surface area (Å²) in [7, 11) is 0. The molecule has 1 aromatic rings. The van der Waals surface area contributed by atoms with E-state index in [-0.39, 0.29) is 11.9 Å². The van der Waals surface area contributed by atoms with Gasteiger partial charge in [0.15, 0.2) is 0 Å². The van der Waals surface area contributed by atoms with E-state index in [2.05, 4.69) is 42.7 Å². The van der Waals surface area contributed by atoms with Crippen molar-refractivity contribution in [3.8, 4) is 0 Å². The Kier molecular flexibility index (Phi) is 3.67. The topological polar surface area (TPSA) is 41.1 Å². The molecule has 0 aromatic heterocycles. The zero-order valence-electron chi connectivity index (χ0n) is 10.5. The predicted octanol–water partition coefficient (Wildman–Crippen LogP) is 2.38. The first-order chi connectivity index (χ1) is 8.16. The normalized spacial score (nSPS) is 20.6. The molecule has 1 heterocycles. The number of anilines is 1. The molecule has 1 unspecified atom stereocenters. The Bertz CT molecular complexity index is 415. The lowest BCUT2D eigenvalue weighted by Crippen LogP contribution is -2.38. The third kappa shape index (κ3) is 2.99. The van der Waals surface area contributed by atoms with Crippen LogP contribution >= 0.6 is 0 Å².